The van der Waals surface area contributed by atoms with Gasteiger partial charge in [0.2, 0.25) is 0 Å². The molecule has 2 rings (SSSR count). The molecule has 1 aliphatic carbocycles. The van der Waals surface area contributed by atoms with Crippen molar-refractivity contribution < 1.29 is 5.11 Å². The predicted octanol–water partition coefficient (Wildman–Crippen LogP) is 2.63. The average Bonchev–Trinajstić information content (AvgIpc) is 2.74. The molecule has 4 heteroatoms. The Kier molecular flexibility index (Phi) is 4.55. The molecule has 4 nitrogen and oxygen atoms in total. The lowest BCUT2D eigenvalue weighted by Gasteiger charge is -2.40. The number of aromatic nitrogens is 2. The Morgan fingerprint density at radius 2 is 1.95 bits per heavy atom. The molecule has 1 aromatic rings. The van der Waals surface area contributed by atoms with Crippen LogP contribution in [-0.2, 0) is 13.1 Å². The zero-order chi connectivity index (χ0) is 14.8. The predicted molar refractivity (Wildman–Crippen MR) is 81.5 cm³/mol. The highest BCUT2D eigenvalue weighted by Crippen LogP contribution is 2.39. The largest absolute Gasteiger partial charge is 0.389 e. The molecule has 114 valence electrons. The number of aliphatic hydroxyl groups is 1. The van der Waals surface area contributed by atoms with E-state index in [1.807, 2.05) is 11.6 Å². The third-order valence-electron chi connectivity index (χ3n) is 4.58. The summed E-state index contributed by atoms with van der Waals surface area (Å²) in [6, 6.07) is 2.12. The van der Waals surface area contributed by atoms with Gasteiger partial charge in [0.05, 0.1) is 17.0 Å². The van der Waals surface area contributed by atoms with E-state index in [1.54, 1.807) is 0 Å². The molecule has 0 amide bonds. The molecule has 1 aromatic heterocycles. The Balaban J connectivity index is 1.83. The van der Waals surface area contributed by atoms with Gasteiger partial charge < -0.3 is 10.4 Å². The molecule has 0 radical (unpaired) electrons. The van der Waals surface area contributed by atoms with Gasteiger partial charge in [-0.25, -0.2) is 0 Å². The van der Waals surface area contributed by atoms with Gasteiger partial charge in [-0.15, -0.1) is 0 Å². The minimum Gasteiger partial charge on any atom is -0.389 e. The van der Waals surface area contributed by atoms with Crippen LogP contribution in [0.15, 0.2) is 6.07 Å². The first-order chi connectivity index (χ1) is 9.34. The lowest BCUT2D eigenvalue weighted by atomic mass is 9.71. The van der Waals surface area contributed by atoms with Crippen molar-refractivity contribution in [3.8, 4) is 0 Å². The van der Waals surface area contributed by atoms with Gasteiger partial charge in [0.25, 0.3) is 0 Å². The fourth-order valence-electron chi connectivity index (χ4n) is 3.01. The summed E-state index contributed by atoms with van der Waals surface area (Å²) in [5, 5.41) is 18.5. The normalized spacial score (nSPS) is 21.1. The Morgan fingerprint density at radius 3 is 2.55 bits per heavy atom. The van der Waals surface area contributed by atoms with Crippen LogP contribution in [-0.4, -0.2) is 27.0 Å². The Bertz CT molecular complexity index is 441. The molecule has 2 N–H and O–H groups in total. The van der Waals surface area contributed by atoms with E-state index in [0.29, 0.717) is 12.0 Å². The van der Waals surface area contributed by atoms with E-state index >= 15 is 0 Å². The van der Waals surface area contributed by atoms with Crippen LogP contribution >= 0.6 is 0 Å². The number of aryl methyl sites for hydroxylation is 2. The van der Waals surface area contributed by atoms with Crippen molar-refractivity contribution in [3.05, 3.63) is 17.5 Å². The maximum absolute atomic E-state index is 10.6. The lowest BCUT2D eigenvalue weighted by Crippen LogP contribution is -2.45. The maximum atomic E-state index is 10.6. The minimum absolute atomic E-state index is 0.393. The first-order valence-electron chi connectivity index (χ1n) is 7.80. The van der Waals surface area contributed by atoms with Gasteiger partial charge in [0.15, 0.2) is 0 Å². The van der Waals surface area contributed by atoms with Crippen LogP contribution in [0.3, 0.4) is 0 Å². The molecule has 0 unspecified atom stereocenters. The molecule has 20 heavy (non-hydrogen) atoms. The molecule has 0 atom stereocenters. The summed E-state index contributed by atoms with van der Waals surface area (Å²) in [5.41, 5.74) is 2.12. The van der Waals surface area contributed by atoms with Crippen molar-refractivity contribution in [2.75, 3.05) is 6.54 Å². The zero-order valence-electron chi connectivity index (χ0n) is 13.4. The zero-order valence-corrected chi connectivity index (χ0v) is 13.4. The molecule has 1 saturated carbocycles. The summed E-state index contributed by atoms with van der Waals surface area (Å²) >= 11 is 0. The number of rotatable bonds is 5. The summed E-state index contributed by atoms with van der Waals surface area (Å²) in [7, 11) is 0. The number of hydrogen-bond acceptors (Lipinski definition) is 3. The van der Waals surface area contributed by atoms with Crippen molar-refractivity contribution in [2.24, 2.45) is 5.41 Å². The van der Waals surface area contributed by atoms with E-state index in [1.165, 1.54) is 5.69 Å². The van der Waals surface area contributed by atoms with Crippen molar-refractivity contribution in [2.45, 2.75) is 72.1 Å². The van der Waals surface area contributed by atoms with Gasteiger partial charge in [-0.05, 0) is 51.0 Å². The second-order valence-corrected chi connectivity index (χ2v) is 7.08. The summed E-state index contributed by atoms with van der Waals surface area (Å²) in [4.78, 5) is 0. The average molecular weight is 279 g/mol. The van der Waals surface area contributed by atoms with E-state index < -0.39 is 5.60 Å². The fourth-order valence-corrected chi connectivity index (χ4v) is 3.01. The topological polar surface area (TPSA) is 50.1 Å². The van der Waals surface area contributed by atoms with Gasteiger partial charge in [-0.3, -0.25) is 4.68 Å². The standard InChI is InChI=1S/C16H29N3O/c1-5-19-14(10-13(2)18-19)11-17-12-16(20)8-6-15(3,4)7-9-16/h10,17,20H,5-9,11-12H2,1-4H3. The molecular weight excluding hydrogens is 250 g/mol. The first kappa shape index (κ1) is 15.5. The van der Waals surface area contributed by atoms with E-state index in [2.05, 4.69) is 37.3 Å². The Morgan fingerprint density at radius 1 is 1.30 bits per heavy atom. The lowest BCUT2D eigenvalue weighted by molar-refractivity contribution is -0.0246. The van der Waals surface area contributed by atoms with Gasteiger partial charge in [0, 0.05) is 19.6 Å². The molecule has 0 saturated heterocycles. The smallest absolute Gasteiger partial charge is 0.0772 e. The van der Waals surface area contributed by atoms with Crippen molar-refractivity contribution >= 4 is 0 Å². The van der Waals surface area contributed by atoms with Gasteiger partial charge in [-0.2, -0.15) is 5.10 Å². The second-order valence-electron chi connectivity index (χ2n) is 7.08. The molecule has 1 aliphatic rings. The van der Waals surface area contributed by atoms with Crippen LogP contribution < -0.4 is 5.32 Å². The Hall–Kier alpha value is -0.870. The summed E-state index contributed by atoms with van der Waals surface area (Å²) < 4.78 is 2.02. The molecule has 0 spiro atoms. The van der Waals surface area contributed by atoms with Crippen LogP contribution in [0, 0.1) is 12.3 Å². The summed E-state index contributed by atoms with van der Waals surface area (Å²) in [6.45, 7) is 11.1. The van der Waals surface area contributed by atoms with Crippen LogP contribution in [0.4, 0.5) is 0 Å². The quantitative estimate of drug-likeness (QED) is 0.871. The van der Waals surface area contributed by atoms with E-state index in [-0.39, 0.29) is 0 Å². The molecular formula is C16H29N3O. The van der Waals surface area contributed by atoms with E-state index in [4.69, 9.17) is 0 Å². The SMILES string of the molecule is CCn1nc(C)cc1CNCC1(O)CCC(C)(C)CC1. The van der Waals surface area contributed by atoms with Crippen LogP contribution in [0.2, 0.25) is 0 Å². The number of hydrogen-bond donors (Lipinski definition) is 2. The maximum Gasteiger partial charge on any atom is 0.0772 e. The summed E-state index contributed by atoms with van der Waals surface area (Å²) in [5.74, 6) is 0. The minimum atomic E-state index is -0.526. The second kappa shape index (κ2) is 5.86. The van der Waals surface area contributed by atoms with Crippen molar-refractivity contribution in [1.82, 2.24) is 15.1 Å². The number of nitrogens with one attached hydrogen (secondary N) is 1. The fraction of sp³-hybridized carbons (Fsp3) is 0.812. The monoisotopic (exact) mass is 279 g/mol. The van der Waals surface area contributed by atoms with Crippen molar-refractivity contribution in [3.63, 3.8) is 0 Å². The molecule has 1 fully saturated rings. The highest BCUT2D eigenvalue weighted by molar-refractivity contribution is 5.08. The molecule has 0 bridgehead atoms. The van der Waals surface area contributed by atoms with Crippen molar-refractivity contribution in [1.29, 1.82) is 0 Å². The van der Waals surface area contributed by atoms with Gasteiger partial charge in [-0.1, -0.05) is 13.8 Å². The molecule has 0 aromatic carbocycles. The number of nitrogens with zero attached hydrogens (tertiary/aromatic N) is 2. The third-order valence-corrected chi connectivity index (χ3v) is 4.58. The van der Waals surface area contributed by atoms with Gasteiger partial charge in [0.1, 0.15) is 0 Å². The molecule has 0 aliphatic heterocycles. The van der Waals surface area contributed by atoms with Gasteiger partial charge >= 0.3 is 0 Å². The van der Waals surface area contributed by atoms with Crippen LogP contribution in [0.5, 0.6) is 0 Å². The highest BCUT2D eigenvalue weighted by atomic mass is 16.3. The third kappa shape index (κ3) is 3.83. The van der Waals surface area contributed by atoms with E-state index in [0.717, 1.165) is 44.5 Å². The summed E-state index contributed by atoms with van der Waals surface area (Å²) in [6.07, 6.45) is 4.02. The Labute approximate surface area is 122 Å². The highest BCUT2D eigenvalue weighted by Gasteiger charge is 2.36. The molecule has 1 heterocycles. The van der Waals surface area contributed by atoms with E-state index in [9.17, 15) is 5.11 Å². The first-order valence-corrected chi connectivity index (χ1v) is 7.80. The van der Waals surface area contributed by atoms with Crippen LogP contribution in [0.1, 0.15) is 57.8 Å². The van der Waals surface area contributed by atoms with Crippen LogP contribution in [0.25, 0.3) is 0 Å².